The minimum atomic E-state index is -4.13. The molecule has 25 heavy (non-hydrogen) atoms. The standard InChI is InChI=1S/C18H21FN2O3S/c1-3-6-14-9-11-15(12-10-14)20-18(22)13(2)21-25(23,24)17-8-5-4-7-16(17)19/h4-5,7-13,21H,3,6H2,1-2H3,(H,20,22)/t13-/m1/s1. The van der Waals surface area contributed by atoms with Crippen molar-refractivity contribution in [1.29, 1.82) is 0 Å². The second kappa shape index (κ2) is 8.22. The molecule has 1 atom stereocenters. The molecule has 2 rings (SSSR count). The van der Waals surface area contributed by atoms with Crippen LogP contribution in [0.3, 0.4) is 0 Å². The van der Waals surface area contributed by atoms with Gasteiger partial charge in [-0.05, 0) is 43.2 Å². The van der Waals surface area contributed by atoms with Crippen LogP contribution in [0, 0.1) is 5.82 Å². The van der Waals surface area contributed by atoms with Crippen molar-refractivity contribution in [2.24, 2.45) is 0 Å². The van der Waals surface area contributed by atoms with Crippen LogP contribution in [0.25, 0.3) is 0 Å². The fourth-order valence-electron chi connectivity index (χ4n) is 2.31. The van der Waals surface area contributed by atoms with Crippen LogP contribution in [-0.2, 0) is 21.2 Å². The molecule has 0 aliphatic carbocycles. The lowest BCUT2D eigenvalue weighted by Crippen LogP contribution is -2.41. The quantitative estimate of drug-likeness (QED) is 0.793. The minimum absolute atomic E-state index is 0.487. The van der Waals surface area contributed by atoms with Gasteiger partial charge in [-0.2, -0.15) is 4.72 Å². The third-order valence-electron chi connectivity index (χ3n) is 3.61. The molecule has 0 bridgehead atoms. The molecule has 2 aromatic carbocycles. The van der Waals surface area contributed by atoms with Gasteiger partial charge in [0.25, 0.3) is 0 Å². The Balaban J connectivity index is 2.03. The van der Waals surface area contributed by atoms with Crippen molar-refractivity contribution in [2.45, 2.75) is 37.6 Å². The molecule has 134 valence electrons. The van der Waals surface area contributed by atoms with Crippen molar-refractivity contribution in [1.82, 2.24) is 4.72 Å². The van der Waals surface area contributed by atoms with E-state index in [1.54, 1.807) is 12.1 Å². The Morgan fingerprint density at radius 1 is 1.12 bits per heavy atom. The van der Waals surface area contributed by atoms with Crippen molar-refractivity contribution in [2.75, 3.05) is 5.32 Å². The normalized spacial score (nSPS) is 12.6. The van der Waals surface area contributed by atoms with Crippen LogP contribution in [0.4, 0.5) is 10.1 Å². The average Bonchev–Trinajstić information content (AvgIpc) is 2.56. The SMILES string of the molecule is CCCc1ccc(NC(=O)[C@@H](C)NS(=O)(=O)c2ccccc2F)cc1. The number of amides is 1. The van der Waals surface area contributed by atoms with Crippen LogP contribution in [0.2, 0.25) is 0 Å². The third kappa shape index (κ3) is 5.11. The maximum Gasteiger partial charge on any atom is 0.244 e. The summed E-state index contributed by atoms with van der Waals surface area (Å²) in [4.78, 5) is 11.7. The summed E-state index contributed by atoms with van der Waals surface area (Å²) < 4.78 is 40.3. The van der Waals surface area contributed by atoms with E-state index in [0.717, 1.165) is 30.5 Å². The van der Waals surface area contributed by atoms with Crippen molar-refractivity contribution in [3.05, 3.63) is 59.9 Å². The Bertz CT molecular complexity index is 836. The highest BCUT2D eigenvalue weighted by atomic mass is 32.2. The largest absolute Gasteiger partial charge is 0.325 e. The van der Waals surface area contributed by atoms with Gasteiger partial charge < -0.3 is 5.32 Å². The summed E-state index contributed by atoms with van der Waals surface area (Å²) in [7, 11) is -4.13. The van der Waals surface area contributed by atoms with E-state index in [-0.39, 0.29) is 0 Å². The molecule has 0 heterocycles. The molecule has 0 saturated carbocycles. The Labute approximate surface area is 147 Å². The van der Waals surface area contributed by atoms with Gasteiger partial charge in [-0.25, -0.2) is 12.8 Å². The number of aryl methyl sites for hydroxylation is 1. The van der Waals surface area contributed by atoms with E-state index in [9.17, 15) is 17.6 Å². The van der Waals surface area contributed by atoms with Crippen LogP contribution < -0.4 is 10.0 Å². The smallest absolute Gasteiger partial charge is 0.244 e. The number of sulfonamides is 1. The van der Waals surface area contributed by atoms with Gasteiger partial charge in [0.15, 0.2) is 0 Å². The highest BCUT2D eigenvalue weighted by Crippen LogP contribution is 2.15. The van der Waals surface area contributed by atoms with Crippen molar-refractivity contribution in [3.8, 4) is 0 Å². The first kappa shape index (κ1) is 19.1. The maximum atomic E-state index is 13.7. The molecule has 5 nitrogen and oxygen atoms in total. The molecular formula is C18H21FN2O3S. The van der Waals surface area contributed by atoms with Gasteiger partial charge in [0.1, 0.15) is 10.7 Å². The van der Waals surface area contributed by atoms with Gasteiger partial charge >= 0.3 is 0 Å². The van der Waals surface area contributed by atoms with Crippen LogP contribution in [0.5, 0.6) is 0 Å². The lowest BCUT2D eigenvalue weighted by molar-refractivity contribution is -0.117. The summed E-state index contributed by atoms with van der Waals surface area (Å²) in [5.74, 6) is -1.39. The summed E-state index contributed by atoms with van der Waals surface area (Å²) in [5.41, 5.74) is 1.73. The van der Waals surface area contributed by atoms with E-state index in [1.807, 2.05) is 12.1 Å². The van der Waals surface area contributed by atoms with Gasteiger partial charge in [0, 0.05) is 5.69 Å². The Kier molecular flexibility index (Phi) is 6.27. The summed E-state index contributed by atoms with van der Waals surface area (Å²) >= 11 is 0. The molecule has 0 saturated heterocycles. The molecule has 0 aliphatic heterocycles. The van der Waals surface area contributed by atoms with Gasteiger partial charge in [-0.15, -0.1) is 0 Å². The van der Waals surface area contributed by atoms with E-state index in [2.05, 4.69) is 17.0 Å². The van der Waals surface area contributed by atoms with Crippen molar-refractivity contribution < 1.29 is 17.6 Å². The molecule has 0 radical (unpaired) electrons. The molecule has 0 aliphatic rings. The van der Waals surface area contributed by atoms with E-state index in [0.29, 0.717) is 5.69 Å². The summed E-state index contributed by atoms with van der Waals surface area (Å²) in [6.07, 6.45) is 1.98. The topological polar surface area (TPSA) is 75.3 Å². The van der Waals surface area contributed by atoms with Crippen LogP contribution >= 0.6 is 0 Å². The number of carbonyl (C=O) groups excluding carboxylic acids is 1. The molecule has 0 unspecified atom stereocenters. The van der Waals surface area contributed by atoms with Gasteiger partial charge in [-0.3, -0.25) is 4.79 Å². The highest BCUT2D eigenvalue weighted by molar-refractivity contribution is 7.89. The predicted molar refractivity (Wildman–Crippen MR) is 95.3 cm³/mol. The number of hydrogen-bond acceptors (Lipinski definition) is 3. The molecule has 2 N–H and O–H groups in total. The maximum absolute atomic E-state index is 13.7. The van der Waals surface area contributed by atoms with Gasteiger partial charge in [-0.1, -0.05) is 37.6 Å². The van der Waals surface area contributed by atoms with Crippen LogP contribution in [0.15, 0.2) is 53.4 Å². The zero-order chi connectivity index (χ0) is 18.4. The zero-order valence-electron chi connectivity index (χ0n) is 14.1. The first-order valence-corrected chi connectivity index (χ1v) is 9.48. The number of benzene rings is 2. The second-order valence-corrected chi connectivity index (χ2v) is 7.39. The van der Waals surface area contributed by atoms with Gasteiger partial charge in [0.05, 0.1) is 6.04 Å². The number of anilines is 1. The molecule has 1 amide bonds. The number of hydrogen-bond donors (Lipinski definition) is 2. The lowest BCUT2D eigenvalue weighted by Gasteiger charge is -2.15. The average molecular weight is 364 g/mol. The molecule has 7 heteroatoms. The fraction of sp³-hybridized carbons (Fsp3) is 0.278. The molecule has 0 fully saturated rings. The number of nitrogens with one attached hydrogen (secondary N) is 2. The zero-order valence-corrected chi connectivity index (χ0v) is 14.9. The summed E-state index contributed by atoms with van der Waals surface area (Å²) in [6, 6.07) is 11.3. The Morgan fingerprint density at radius 2 is 1.76 bits per heavy atom. The van der Waals surface area contributed by atoms with Crippen LogP contribution in [-0.4, -0.2) is 20.4 Å². The van der Waals surface area contributed by atoms with Crippen LogP contribution in [0.1, 0.15) is 25.8 Å². The fourth-order valence-corrected chi connectivity index (χ4v) is 3.59. The molecular weight excluding hydrogens is 343 g/mol. The number of halogens is 1. The Morgan fingerprint density at radius 3 is 2.36 bits per heavy atom. The van der Waals surface area contributed by atoms with Crippen molar-refractivity contribution >= 4 is 21.6 Å². The molecule has 0 aromatic heterocycles. The lowest BCUT2D eigenvalue weighted by atomic mass is 10.1. The van der Waals surface area contributed by atoms with Gasteiger partial charge in [0.2, 0.25) is 15.9 Å². The molecule has 0 spiro atoms. The van der Waals surface area contributed by atoms with E-state index in [4.69, 9.17) is 0 Å². The highest BCUT2D eigenvalue weighted by Gasteiger charge is 2.24. The third-order valence-corrected chi connectivity index (χ3v) is 5.19. The first-order valence-electron chi connectivity index (χ1n) is 8.00. The van der Waals surface area contributed by atoms with Crippen molar-refractivity contribution in [3.63, 3.8) is 0 Å². The minimum Gasteiger partial charge on any atom is -0.325 e. The summed E-state index contributed by atoms with van der Waals surface area (Å²) in [5, 5.41) is 2.64. The monoisotopic (exact) mass is 364 g/mol. The second-order valence-electron chi connectivity index (χ2n) is 5.71. The molecule has 2 aromatic rings. The predicted octanol–water partition coefficient (Wildman–Crippen LogP) is 3.08. The number of rotatable bonds is 7. The summed E-state index contributed by atoms with van der Waals surface area (Å²) in [6.45, 7) is 3.48. The number of carbonyl (C=O) groups is 1. The van der Waals surface area contributed by atoms with E-state index >= 15 is 0 Å². The Hall–Kier alpha value is -2.25. The van der Waals surface area contributed by atoms with E-state index in [1.165, 1.54) is 19.1 Å². The first-order chi connectivity index (χ1) is 11.8. The van der Waals surface area contributed by atoms with E-state index < -0.39 is 32.7 Å².